The average molecular weight is 280 g/mol. The molecule has 0 saturated heterocycles. The van der Waals surface area contributed by atoms with Crippen LogP contribution in [0.25, 0.3) is 34.2 Å². The SMILES string of the molecule is [O-][n+]1onc2cc(/C=C\c3ccc4nonc4c3)ccc21. The Morgan fingerprint density at radius 2 is 1.57 bits per heavy atom. The highest BCUT2D eigenvalue weighted by Gasteiger charge is 2.08. The maximum atomic E-state index is 11.2. The van der Waals surface area contributed by atoms with Crippen molar-refractivity contribution in [3.8, 4) is 0 Å². The second-order valence-corrected chi connectivity index (χ2v) is 4.52. The fourth-order valence-corrected chi connectivity index (χ4v) is 2.09. The molecule has 2 aromatic carbocycles. The van der Waals surface area contributed by atoms with Crippen molar-refractivity contribution < 1.29 is 14.2 Å². The molecule has 0 fully saturated rings. The Kier molecular flexibility index (Phi) is 2.43. The first kappa shape index (κ1) is 11.6. The summed E-state index contributed by atoms with van der Waals surface area (Å²) in [5, 5.41) is 22.4. The molecule has 0 amide bonds. The minimum Gasteiger partial charge on any atom is -0.359 e. The molecule has 0 saturated carbocycles. The van der Waals surface area contributed by atoms with Crippen LogP contribution < -0.4 is 4.90 Å². The summed E-state index contributed by atoms with van der Waals surface area (Å²) < 4.78 is 9.19. The van der Waals surface area contributed by atoms with Crippen LogP contribution in [0.2, 0.25) is 0 Å². The van der Waals surface area contributed by atoms with Crippen LogP contribution in [-0.2, 0) is 0 Å². The number of hydrogen-bond donors (Lipinski definition) is 0. The molecule has 0 aliphatic carbocycles. The Morgan fingerprint density at radius 3 is 2.43 bits per heavy atom. The van der Waals surface area contributed by atoms with Crippen molar-refractivity contribution in [3.05, 3.63) is 52.7 Å². The van der Waals surface area contributed by atoms with E-state index in [1.807, 2.05) is 36.4 Å². The molecule has 0 radical (unpaired) electrons. The van der Waals surface area contributed by atoms with Crippen LogP contribution in [0.4, 0.5) is 0 Å². The lowest BCUT2D eigenvalue weighted by molar-refractivity contribution is -0.782. The van der Waals surface area contributed by atoms with E-state index in [1.165, 1.54) is 0 Å². The van der Waals surface area contributed by atoms with Crippen molar-refractivity contribution in [2.45, 2.75) is 0 Å². The van der Waals surface area contributed by atoms with Gasteiger partial charge in [-0.25, -0.2) is 4.63 Å². The van der Waals surface area contributed by atoms with Crippen LogP contribution >= 0.6 is 0 Å². The van der Waals surface area contributed by atoms with E-state index in [4.69, 9.17) is 0 Å². The lowest BCUT2D eigenvalue weighted by Crippen LogP contribution is -2.22. The smallest absolute Gasteiger partial charge is 0.249 e. The minimum absolute atomic E-state index is 0.383. The van der Waals surface area contributed by atoms with Gasteiger partial charge >= 0.3 is 0 Å². The third kappa shape index (κ3) is 2.00. The minimum atomic E-state index is 0.383. The summed E-state index contributed by atoms with van der Waals surface area (Å²) in [6.45, 7) is 0. The molecule has 0 spiro atoms. The van der Waals surface area contributed by atoms with Gasteiger partial charge in [0.2, 0.25) is 11.0 Å². The Bertz CT molecular complexity index is 971. The standard InChI is InChI=1S/C14H8N4O3/c19-18-14-6-4-10(8-13(14)17-21-18)2-1-9-3-5-11-12(7-9)16-20-15-11/h1-8H/b2-1-. The van der Waals surface area contributed by atoms with Gasteiger partial charge in [0.25, 0.3) is 0 Å². The van der Waals surface area contributed by atoms with Crippen LogP contribution in [0.1, 0.15) is 11.1 Å². The molecule has 0 N–H and O–H groups in total. The summed E-state index contributed by atoms with van der Waals surface area (Å²) in [6.07, 6.45) is 3.85. The number of benzene rings is 2. The molecule has 0 bridgehead atoms. The summed E-state index contributed by atoms with van der Waals surface area (Å²) in [5.41, 5.74) is 4.23. The molecule has 7 heteroatoms. The van der Waals surface area contributed by atoms with Crippen molar-refractivity contribution in [2.24, 2.45) is 0 Å². The van der Waals surface area contributed by atoms with Gasteiger partial charge in [-0.2, -0.15) is 0 Å². The molecule has 2 aromatic heterocycles. The van der Waals surface area contributed by atoms with Crippen molar-refractivity contribution >= 4 is 34.2 Å². The molecule has 4 aromatic rings. The van der Waals surface area contributed by atoms with Gasteiger partial charge in [-0.15, -0.1) is 0 Å². The number of aromatic nitrogens is 4. The highest BCUT2D eigenvalue weighted by atomic mass is 16.8. The molecule has 4 rings (SSSR count). The van der Waals surface area contributed by atoms with Crippen molar-refractivity contribution in [1.82, 2.24) is 15.5 Å². The summed E-state index contributed by atoms with van der Waals surface area (Å²) in [4.78, 5) is 0.383. The average Bonchev–Trinajstić information content (AvgIpc) is 3.11. The first-order chi connectivity index (χ1) is 10.3. The van der Waals surface area contributed by atoms with Crippen LogP contribution in [0.5, 0.6) is 0 Å². The normalized spacial score (nSPS) is 11.8. The zero-order chi connectivity index (χ0) is 14.2. The van der Waals surface area contributed by atoms with E-state index in [1.54, 1.807) is 12.1 Å². The van der Waals surface area contributed by atoms with Gasteiger partial charge in [-0.05, 0) is 44.5 Å². The van der Waals surface area contributed by atoms with Crippen LogP contribution in [-0.4, -0.2) is 15.5 Å². The molecular weight excluding hydrogens is 272 g/mol. The van der Waals surface area contributed by atoms with Gasteiger partial charge in [-0.3, -0.25) is 4.63 Å². The van der Waals surface area contributed by atoms with E-state index in [0.717, 1.165) is 16.6 Å². The van der Waals surface area contributed by atoms with Crippen molar-refractivity contribution in [1.29, 1.82) is 0 Å². The van der Waals surface area contributed by atoms with Gasteiger partial charge in [0.15, 0.2) is 0 Å². The van der Waals surface area contributed by atoms with E-state index in [2.05, 4.69) is 24.7 Å². The van der Waals surface area contributed by atoms with E-state index in [9.17, 15) is 5.21 Å². The zero-order valence-corrected chi connectivity index (χ0v) is 10.6. The van der Waals surface area contributed by atoms with E-state index in [0.29, 0.717) is 21.5 Å². The summed E-state index contributed by atoms with van der Waals surface area (Å²) in [6, 6.07) is 10.9. The van der Waals surface area contributed by atoms with E-state index >= 15 is 0 Å². The first-order valence-corrected chi connectivity index (χ1v) is 6.19. The second kappa shape index (κ2) is 4.41. The summed E-state index contributed by atoms with van der Waals surface area (Å²) in [7, 11) is 0. The Labute approximate surface area is 117 Å². The van der Waals surface area contributed by atoms with Gasteiger partial charge in [0, 0.05) is 11.2 Å². The molecule has 0 aliphatic rings. The fourth-order valence-electron chi connectivity index (χ4n) is 2.09. The van der Waals surface area contributed by atoms with Gasteiger partial charge in [0.05, 0.1) is 0 Å². The fraction of sp³-hybridized carbons (Fsp3) is 0. The van der Waals surface area contributed by atoms with E-state index < -0.39 is 0 Å². The largest absolute Gasteiger partial charge is 0.359 e. The van der Waals surface area contributed by atoms with Crippen LogP contribution in [0.3, 0.4) is 0 Å². The monoisotopic (exact) mass is 280 g/mol. The number of nitrogens with zero attached hydrogens (tertiary/aromatic N) is 4. The van der Waals surface area contributed by atoms with Crippen molar-refractivity contribution in [2.75, 3.05) is 0 Å². The predicted molar refractivity (Wildman–Crippen MR) is 73.7 cm³/mol. The molecule has 21 heavy (non-hydrogen) atoms. The summed E-state index contributed by atoms with van der Waals surface area (Å²) in [5.74, 6) is 0. The summed E-state index contributed by atoms with van der Waals surface area (Å²) >= 11 is 0. The topological polar surface area (TPSA) is 91.9 Å². The Morgan fingerprint density at radius 1 is 0.857 bits per heavy atom. The quantitative estimate of drug-likeness (QED) is 0.412. The molecule has 2 heterocycles. The van der Waals surface area contributed by atoms with E-state index in [-0.39, 0.29) is 0 Å². The predicted octanol–water partition coefficient (Wildman–Crippen LogP) is 2.17. The Balaban J connectivity index is 1.68. The third-order valence-electron chi connectivity index (χ3n) is 3.16. The van der Waals surface area contributed by atoms with Crippen LogP contribution in [0.15, 0.2) is 45.7 Å². The molecular formula is C14H8N4O3. The Hall–Kier alpha value is -3.22. The maximum absolute atomic E-state index is 11.2. The molecule has 0 unspecified atom stereocenters. The lowest BCUT2D eigenvalue weighted by atomic mass is 10.1. The second-order valence-electron chi connectivity index (χ2n) is 4.52. The molecule has 0 atom stereocenters. The zero-order valence-electron chi connectivity index (χ0n) is 10.6. The maximum Gasteiger partial charge on any atom is 0.249 e. The first-order valence-electron chi connectivity index (χ1n) is 6.19. The van der Waals surface area contributed by atoms with Gasteiger partial charge in [0.1, 0.15) is 11.0 Å². The number of hydrogen-bond acceptors (Lipinski definition) is 6. The third-order valence-corrected chi connectivity index (χ3v) is 3.16. The van der Waals surface area contributed by atoms with Crippen molar-refractivity contribution in [3.63, 3.8) is 0 Å². The number of fused-ring (bicyclic) bond motifs is 2. The van der Waals surface area contributed by atoms with Crippen LogP contribution in [0, 0.1) is 5.21 Å². The number of rotatable bonds is 2. The molecule has 0 aliphatic heterocycles. The van der Waals surface area contributed by atoms with Gasteiger partial charge in [-0.1, -0.05) is 24.3 Å². The lowest BCUT2D eigenvalue weighted by Gasteiger charge is -1.93. The molecule has 7 nitrogen and oxygen atoms in total. The van der Waals surface area contributed by atoms with Gasteiger partial charge < -0.3 is 5.21 Å². The highest BCUT2D eigenvalue weighted by Crippen LogP contribution is 2.16. The molecule has 102 valence electrons. The highest BCUT2D eigenvalue weighted by molar-refractivity contribution is 5.81.